The maximum Gasteiger partial charge on any atom is 0.0818 e. The first-order valence-corrected chi connectivity index (χ1v) is 9.87. The Labute approximate surface area is 176 Å². The van der Waals surface area contributed by atoms with Crippen LogP contribution in [-0.4, -0.2) is 5.16 Å². The molecule has 0 aliphatic heterocycles. The van der Waals surface area contributed by atoms with E-state index in [9.17, 15) is 0 Å². The summed E-state index contributed by atoms with van der Waals surface area (Å²) >= 11 is 4.92. The Morgan fingerprint density at radius 3 is 1.41 bits per heavy atom. The molecule has 0 aliphatic carbocycles. The lowest BCUT2D eigenvalue weighted by atomic mass is 9.85. The second-order valence-electron chi connectivity index (χ2n) is 6.57. The molecule has 0 aliphatic rings. The summed E-state index contributed by atoms with van der Waals surface area (Å²) in [6, 6.07) is 39.5. The van der Waals surface area contributed by atoms with Crippen LogP contribution in [0.15, 0.2) is 120 Å². The molecule has 1 nitrogen and oxygen atoms in total. The molecule has 0 bridgehead atoms. The van der Waals surface area contributed by atoms with Crippen molar-refractivity contribution in [3.05, 3.63) is 138 Å². The highest BCUT2D eigenvalue weighted by atomic mass is 32.1. The molecule has 4 aromatic rings. The molecule has 0 N–H and O–H groups in total. The van der Waals surface area contributed by atoms with Gasteiger partial charge in [0.2, 0.25) is 0 Å². The van der Waals surface area contributed by atoms with E-state index in [1.165, 1.54) is 0 Å². The Kier molecular flexibility index (Phi) is 5.87. The first-order valence-electron chi connectivity index (χ1n) is 9.46. The second-order valence-corrected chi connectivity index (χ2v) is 6.75. The van der Waals surface area contributed by atoms with E-state index >= 15 is 0 Å². The average Bonchev–Trinajstić information content (AvgIpc) is 2.80. The van der Waals surface area contributed by atoms with Crippen LogP contribution in [0.2, 0.25) is 0 Å². The van der Waals surface area contributed by atoms with Gasteiger partial charge < -0.3 is 0 Å². The molecule has 0 amide bonds. The van der Waals surface area contributed by atoms with E-state index in [2.05, 4.69) is 89.0 Å². The van der Waals surface area contributed by atoms with Gasteiger partial charge in [-0.05, 0) is 46.1 Å². The van der Waals surface area contributed by atoms with Crippen LogP contribution < -0.4 is 0 Å². The van der Waals surface area contributed by atoms with Gasteiger partial charge in [-0.25, -0.2) is 0 Å². The topological polar surface area (TPSA) is 12.4 Å². The number of hydrogen-bond acceptors (Lipinski definition) is 2. The molecule has 0 atom stereocenters. The van der Waals surface area contributed by atoms with Crippen molar-refractivity contribution in [3.63, 3.8) is 0 Å². The number of benzene rings is 4. The zero-order chi connectivity index (χ0) is 19.9. The van der Waals surface area contributed by atoms with Gasteiger partial charge in [0.25, 0.3) is 0 Å². The molecule has 0 saturated carbocycles. The molecule has 0 unspecified atom stereocenters. The van der Waals surface area contributed by atoms with Gasteiger partial charge in [0, 0.05) is 5.56 Å². The van der Waals surface area contributed by atoms with Crippen molar-refractivity contribution in [3.8, 4) is 0 Å². The molecule has 138 valence electrons. The maximum atomic E-state index is 4.92. The molecule has 2 heteroatoms. The fraction of sp³-hybridized carbons (Fsp3) is 0. The predicted octanol–water partition coefficient (Wildman–Crippen LogP) is 7.43. The number of thiocarbonyl (C=S) groups is 1. The number of hydrogen-bond donors (Lipinski definition) is 0. The van der Waals surface area contributed by atoms with Crippen LogP contribution in [0.3, 0.4) is 0 Å². The molecule has 0 radical (unpaired) electrons. The minimum Gasteiger partial charge on any atom is -0.194 e. The molecule has 4 rings (SSSR count). The third-order valence-electron chi connectivity index (χ3n) is 4.78. The number of nitrogens with zero attached hydrogens (tertiary/aromatic N) is 1. The van der Waals surface area contributed by atoms with Gasteiger partial charge in [-0.3, -0.25) is 0 Å². The van der Waals surface area contributed by atoms with Crippen molar-refractivity contribution < 1.29 is 0 Å². The van der Waals surface area contributed by atoms with Gasteiger partial charge >= 0.3 is 0 Å². The van der Waals surface area contributed by atoms with Crippen molar-refractivity contribution in [2.24, 2.45) is 4.99 Å². The van der Waals surface area contributed by atoms with Crippen LogP contribution in [-0.2, 0) is 0 Å². The smallest absolute Gasteiger partial charge is 0.0818 e. The largest absolute Gasteiger partial charge is 0.194 e. The lowest BCUT2D eigenvalue weighted by Gasteiger charge is -2.19. The number of isothiocyanates is 1. The molecular weight excluding hydrogens is 370 g/mol. The molecule has 0 fully saturated rings. The highest BCUT2D eigenvalue weighted by Gasteiger charge is 2.18. The number of rotatable bonds is 5. The van der Waals surface area contributed by atoms with Crippen molar-refractivity contribution in [2.75, 3.05) is 0 Å². The maximum absolute atomic E-state index is 4.92. The Bertz CT molecular complexity index is 1130. The number of para-hydroxylation sites is 1. The van der Waals surface area contributed by atoms with E-state index in [0.717, 1.165) is 39.1 Å². The molecular formula is C27H19NS. The van der Waals surface area contributed by atoms with E-state index in [1.807, 2.05) is 36.4 Å². The predicted molar refractivity (Wildman–Crippen MR) is 125 cm³/mol. The third-order valence-corrected chi connectivity index (χ3v) is 4.87. The van der Waals surface area contributed by atoms with Gasteiger partial charge in [-0.1, -0.05) is 109 Å². The van der Waals surface area contributed by atoms with Crippen molar-refractivity contribution in [1.82, 2.24) is 0 Å². The van der Waals surface area contributed by atoms with Gasteiger partial charge in [-0.2, -0.15) is 4.99 Å². The Balaban J connectivity index is 2.15. The monoisotopic (exact) mass is 389 g/mol. The van der Waals surface area contributed by atoms with E-state index in [-0.39, 0.29) is 0 Å². The normalized spacial score (nSPS) is 10.1. The lowest BCUT2D eigenvalue weighted by molar-refractivity contribution is 1.46. The molecule has 29 heavy (non-hydrogen) atoms. The van der Waals surface area contributed by atoms with E-state index in [4.69, 9.17) is 12.2 Å². The van der Waals surface area contributed by atoms with Crippen LogP contribution in [0, 0.1) is 0 Å². The lowest BCUT2D eigenvalue weighted by Crippen LogP contribution is -1.97. The zero-order valence-electron chi connectivity index (χ0n) is 15.8. The highest BCUT2D eigenvalue weighted by Crippen LogP contribution is 2.40. The summed E-state index contributed by atoms with van der Waals surface area (Å²) in [6.45, 7) is 0. The van der Waals surface area contributed by atoms with Gasteiger partial charge in [0.15, 0.2) is 0 Å². The third kappa shape index (κ3) is 4.14. The van der Waals surface area contributed by atoms with Gasteiger partial charge in [-0.15, -0.1) is 0 Å². The summed E-state index contributed by atoms with van der Waals surface area (Å²) < 4.78 is 0. The molecule has 4 aromatic carbocycles. The summed E-state index contributed by atoms with van der Waals surface area (Å²) in [5.41, 5.74) is 7.54. The summed E-state index contributed by atoms with van der Waals surface area (Å²) in [5.74, 6) is 0. The first kappa shape index (κ1) is 18.8. The first-order chi connectivity index (χ1) is 14.4. The zero-order valence-corrected chi connectivity index (χ0v) is 16.6. The molecule has 0 spiro atoms. The summed E-state index contributed by atoms with van der Waals surface area (Å²) in [5, 5.41) is 2.53. The Morgan fingerprint density at radius 2 is 0.931 bits per heavy atom. The minimum atomic E-state index is 0.811. The fourth-order valence-corrected chi connectivity index (χ4v) is 3.63. The number of aliphatic imine (C=N–C) groups is 1. The molecule has 0 aromatic heterocycles. The molecule has 0 saturated heterocycles. The molecule has 0 heterocycles. The minimum absolute atomic E-state index is 0.811. The highest BCUT2D eigenvalue weighted by molar-refractivity contribution is 7.78. The van der Waals surface area contributed by atoms with Gasteiger partial charge in [0.1, 0.15) is 0 Å². The van der Waals surface area contributed by atoms with Gasteiger partial charge in [0.05, 0.1) is 10.8 Å². The van der Waals surface area contributed by atoms with Crippen LogP contribution in [0.25, 0.3) is 11.1 Å². The Hall–Kier alpha value is -3.58. The van der Waals surface area contributed by atoms with E-state index in [1.54, 1.807) is 0 Å². The van der Waals surface area contributed by atoms with Crippen LogP contribution in [0.4, 0.5) is 5.69 Å². The van der Waals surface area contributed by atoms with E-state index < -0.39 is 0 Å². The van der Waals surface area contributed by atoms with Crippen LogP contribution in [0.5, 0.6) is 0 Å². The quantitative estimate of drug-likeness (QED) is 0.196. The Morgan fingerprint density at radius 1 is 0.517 bits per heavy atom. The second kappa shape index (κ2) is 9.07. The van der Waals surface area contributed by atoms with Crippen molar-refractivity contribution in [2.45, 2.75) is 0 Å². The van der Waals surface area contributed by atoms with Crippen LogP contribution >= 0.6 is 12.2 Å². The summed E-state index contributed by atoms with van der Waals surface area (Å²) in [7, 11) is 0. The average molecular weight is 390 g/mol. The van der Waals surface area contributed by atoms with Crippen molar-refractivity contribution >= 4 is 34.2 Å². The van der Waals surface area contributed by atoms with Crippen LogP contribution in [0.1, 0.15) is 22.3 Å². The fourth-order valence-electron chi connectivity index (χ4n) is 3.54. The summed E-state index contributed by atoms with van der Waals surface area (Å²) in [6.07, 6.45) is 0. The summed E-state index contributed by atoms with van der Waals surface area (Å²) in [4.78, 5) is 4.35. The van der Waals surface area contributed by atoms with E-state index in [0.29, 0.717) is 0 Å². The standard InChI is InChI=1S/C27H19NS/c29-20-28-25-19-11-10-18-24(25)27(23-16-8-3-9-17-23)26(21-12-4-1-5-13-21)22-14-6-2-7-15-22/h1-19H. The van der Waals surface area contributed by atoms with Crippen molar-refractivity contribution in [1.29, 1.82) is 0 Å². The SMILES string of the molecule is S=C=Nc1ccccc1C(=C(c1ccccc1)c1ccccc1)c1ccccc1.